The molecule has 3 heterocycles. The maximum atomic E-state index is 4.33. The number of H-pyrrole nitrogens is 1. The minimum atomic E-state index is 0.729. The summed E-state index contributed by atoms with van der Waals surface area (Å²) in [4.78, 5) is 8.57. The van der Waals surface area contributed by atoms with Crippen LogP contribution >= 0.6 is 11.3 Å². The van der Waals surface area contributed by atoms with E-state index < -0.39 is 0 Å². The van der Waals surface area contributed by atoms with Crippen molar-refractivity contribution >= 4 is 27.4 Å². The third kappa shape index (κ3) is 2.44. The van der Waals surface area contributed by atoms with Crippen molar-refractivity contribution in [3.8, 4) is 11.3 Å². The number of thiophene rings is 1. The number of aromatic amines is 1. The molecule has 0 fully saturated rings. The first kappa shape index (κ1) is 13.0. The molecule has 2 N–H and O–H groups in total. The maximum absolute atomic E-state index is 4.33. The molecule has 0 aliphatic rings. The van der Waals surface area contributed by atoms with Gasteiger partial charge in [-0.2, -0.15) is 5.10 Å². The summed E-state index contributed by atoms with van der Waals surface area (Å²) in [6, 6.07) is 12.4. The van der Waals surface area contributed by atoms with Gasteiger partial charge in [0, 0.05) is 12.7 Å². The van der Waals surface area contributed by atoms with Crippen LogP contribution in [0, 0.1) is 0 Å². The van der Waals surface area contributed by atoms with Crippen molar-refractivity contribution in [2.24, 2.45) is 0 Å². The van der Waals surface area contributed by atoms with E-state index in [4.69, 9.17) is 0 Å². The highest BCUT2D eigenvalue weighted by atomic mass is 32.1. The standard InChI is InChI=1S/C16H13N5S/c1-3-12(13-5-7-20-21-13)4-2-11(1)9-17-16-15-14(6-8-22-15)18-10-19-16/h1-8,10H,9H2,(H,20,21)(H,17,18,19). The summed E-state index contributed by atoms with van der Waals surface area (Å²) in [5, 5.41) is 12.4. The second-order valence-electron chi connectivity index (χ2n) is 4.88. The fourth-order valence-electron chi connectivity index (χ4n) is 2.32. The van der Waals surface area contributed by atoms with Crippen LogP contribution < -0.4 is 5.32 Å². The van der Waals surface area contributed by atoms with Crippen LogP contribution in [0.2, 0.25) is 0 Å². The quantitative estimate of drug-likeness (QED) is 0.603. The van der Waals surface area contributed by atoms with Crippen LogP contribution in [0.4, 0.5) is 5.82 Å². The Labute approximate surface area is 131 Å². The van der Waals surface area contributed by atoms with E-state index in [0.717, 1.165) is 33.8 Å². The lowest BCUT2D eigenvalue weighted by molar-refractivity contribution is 1.09. The van der Waals surface area contributed by atoms with Gasteiger partial charge in [-0.05, 0) is 28.6 Å². The minimum Gasteiger partial charge on any atom is -0.365 e. The van der Waals surface area contributed by atoms with Crippen molar-refractivity contribution in [2.45, 2.75) is 6.54 Å². The fourth-order valence-corrected chi connectivity index (χ4v) is 3.13. The molecule has 0 radical (unpaired) electrons. The van der Waals surface area contributed by atoms with E-state index >= 15 is 0 Å². The third-order valence-corrected chi connectivity index (χ3v) is 4.38. The van der Waals surface area contributed by atoms with Crippen LogP contribution in [-0.2, 0) is 6.54 Å². The monoisotopic (exact) mass is 307 g/mol. The molecule has 0 aliphatic carbocycles. The van der Waals surface area contributed by atoms with Gasteiger partial charge in [0.15, 0.2) is 0 Å². The molecule has 22 heavy (non-hydrogen) atoms. The highest BCUT2D eigenvalue weighted by Gasteiger charge is 2.05. The Morgan fingerprint density at radius 1 is 1.05 bits per heavy atom. The largest absolute Gasteiger partial charge is 0.365 e. The lowest BCUT2D eigenvalue weighted by atomic mass is 10.1. The summed E-state index contributed by atoms with van der Waals surface area (Å²) in [6.07, 6.45) is 3.35. The zero-order chi connectivity index (χ0) is 14.8. The van der Waals surface area contributed by atoms with Crippen LogP contribution in [-0.4, -0.2) is 20.2 Å². The van der Waals surface area contributed by atoms with Gasteiger partial charge in [0.2, 0.25) is 0 Å². The number of hydrogen-bond donors (Lipinski definition) is 2. The fraction of sp³-hybridized carbons (Fsp3) is 0.0625. The summed E-state index contributed by atoms with van der Waals surface area (Å²) < 4.78 is 1.09. The van der Waals surface area contributed by atoms with Crippen LogP contribution in [0.3, 0.4) is 0 Å². The van der Waals surface area contributed by atoms with Crippen molar-refractivity contribution in [1.82, 2.24) is 20.2 Å². The number of hydrogen-bond acceptors (Lipinski definition) is 5. The van der Waals surface area contributed by atoms with E-state index in [1.165, 1.54) is 5.56 Å². The van der Waals surface area contributed by atoms with E-state index in [1.807, 2.05) is 17.5 Å². The van der Waals surface area contributed by atoms with Crippen molar-refractivity contribution in [2.75, 3.05) is 5.32 Å². The molecular weight excluding hydrogens is 294 g/mol. The predicted octanol–water partition coefficient (Wildman–Crippen LogP) is 3.69. The topological polar surface area (TPSA) is 66.5 Å². The van der Waals surface area contributed by atoms with Gasteiger partial charge in [-0.1, -0.05) is 24.3 Å². The van der Waals surface area contributed by atoms with Gasteiger partial charge in [-0.3, -0.25) is 5.10 Å². The van der Waals surface area contributed by atoms with Crippen molar-refractivity contribution in [3.05, 3.63) is 59.9 Å². The van der Waals surface area contributed by atoms with Gasteiger partial charge < -0.3 is 5.32 Å². The highest BCUT2D eigenvalue weighted by molar-refractivity contribution is 7.17. The molecule has 108 valence electrons. The van der Waals surface area contributed by atoms with Crippen molar-refractivity contribution < 1.29 is 0 Å². The molecule has 0 saturated heterocycles. The van der Waals surface area contributed by atoms with Gasteiger partial charge in [0.1, 0.15) is 12.1 Å². The Hall–Kier alpha value is -2.73. The molecule has 0 atom stereocenters. The third-order valence-electron chi connectivity index (χ3n) is 3.47. The SMILES string of the molecule is c1cc(-c2ccc(CNc3ncnc4ccsc34)cc2)[nH]n1. The number of aromatic nitrogens is 4. The Balaban J connectivity index is 1.51. The molecule has 0 unspecified atom stereocenters. The van der Waals surface area contributed by atoms with Crippen LogP contribution in [0.5, 0.6) is 0 Å². The average Bonchev–Trinajstić information content (AvgIpc) is 3.24. The van der Waals surface area contributed by atoms with E-state index in [1.54, 1.807) is 23.9 Å². The zero-order valence-electron chi connectivity index (χ0n) is 11.7. The van der Waals surface area contributed by atoms with Crippen molar-refractivity contribution in [1.29, 1.82) is 0 Å². The number of nitrogens with zero attached hydrogens (tertiary/aromatic N) is 3. The van der Waals surface area contributed by atoms with Crippen LogP contribution in [0.15, 0.2) is 54.3 Å². The summed E-state index contributed by atoms with van der Waals surface area (Å²) in [5.74, 6) is 0.887. The lowest BCUT2D eigenvalue weighted by Crippen LogP contribution is -2.01. The van der Waals surface area contributed by atoms with Gasteiger partial charge in [0.25, 0.3) is 0 Å². The molecule has 0 bridgehead atoms. The average molecular weight is 307 g/mol. The summed E-state index contributed by atoms with van der Waals surface area (Å²) >= 11 is 1.65. The molecule has 3 aromatic heterocycles. The molecule has 0 amide bonds. The Morgan fingerprint density at radius 2 is 1.95 bits per heavy atom. The van der Waals surface area contributed by atoms with Gasteiger partial charge in [0.05, 0.1) is 15.9 Å². The molecule has 4 aromatic rings. The minimum absolute atomic E-state index is 0.729. The summed E-state index contributed by atoms with van der Waals surface area (Å²) in [7, 11) is 0. The Kier molecular flexibility index (Phi) is 3.29. The molecule has 5 nitrogen and oxygen atoms in total. The number of anilines is 1. The summed E-state index contributed by atoms with van der Waals surface area (Å²) in [6.45, 7) is 0.729. The number of nitrogens with one attached hydrogen (secondary N) is 2. The molecule has 6 heteroatoms. The maximum Gasteiger partial charge on any atom is 0.147 e. The van der Waals surface area contributed by atoms with Gasteiger partial charge >= 0.3 is 0 Å². The van der Waals surface area contributed by atoms with Crippen LogP contribution in [0.25, 0.3) is 21.5 Å². The molecule has 0 spiro atoms. The smallest absolute Gasteiger partial charge is 0.147 e. The molecule has 0 saturated carbocycles. The van der Waals surface area contributed by atoms with Gasteiger partial charge in [-0.25, -0.2) is 9.97 Å². The Morgan fingerprint density at radius 3 is 2.77 bits per heavy atom. The number of benzene rings is 1. The van der Waals surface area contributed by atoms with Gasteiger partial charge in [-0.15, -0.1) is 11.3 Å². The number of rotatable bonds is 4. The highest BCUT2D eigenvalue weighted by Crippen LogP contribution is 2.25. The zero-order valence-corrected chi connectivity index (χ0v) is 12.5. The molecular formula is C16H13N5S. The second-order valence-corrected chi connectivity index (χ2v) is 5.79. The normalized spacial score (nSPS) is 10.9. The lowest BCUT2D eigenvalue weighted by Gasteiger charge is -2.07. The van der Waals surface area contributed by atoms with E-state index in [0.29, 0.717) is 0 Å². The second kappa shape index (κ2) is 5.57. The predicted molar refractivity (Wildman–Crippen MR) is 88.8 cm³/mol. The van der Waals surface area contributed by atoms with E-state index in [9.17, 15) is 0 Å². The number of fused-ring (bicyclic) bond motifs is 1. The first-order chi connectivity index (χ1) is 10.9. The first-order valence-electron chi connectivity index (χ1n) is 6.91. The molecule has 0 aliphatic heterocycles. The molecule has 4 rings (SSSR count). The van der Waals surface area contributed by atoms with E-state index in [2.05, 4.69) is 49.7 Å². The summed E-state index contributed by atoms with van der Waals surface area (Å²) in [5.41, 5.74) is 4.34. The Bertz CT molecular complexity index is 880. The van der Waals surface area contributed by atoms with Crippen molar-refractivity contribution in [3.63, 3.8) is 0 Å². The molecule has 1 aromatic carbocycles. The van der Waals surface area contributed by atoms with E-state index in [-0.39, 0.29) is 0 Å². The first-order valence-corrected chi connectivity index (χ1v) is 7.79. The van der Waals surface area contributed by atoms with Crippen LogP contribution in [0.1, 0.15) is 5.56 Å².